The van der Waals surface area contributed by atoms with Gasteiger partial charge in [0.15, 0.2) is 6.29 Å². The Labute approximate surface area is 422 Å². The quantitative estimate of drug-likeness (QED) is 0.0283. The van der Waals surface area contributed by atoms with Crippen LogP contribution in [0.5, 0.6) is 0 Å². The molecule has 4 aromatic carbocycles. The fraction of sp³-hybridized carbons (Fsp3) is 0.386. The summed E-state index contributed by atoms with van der Waals surface area (Å²) < 4.78 is 139. The highest BCUT2D eigenvalue weighted by atomic mass is 32.2. The largest absolute Gasteiger partial charge is 0.388 e. The summed E-state index contributed by atoms with van der Waals surface area (Å²) in [5, 5.41) is 48.8. The van der Waals surface area contributed by atoms with Gasteiger partial charge in [-0.25, -0.2) is 9.07 Å². The van der Waals surface area contributed by atoms with Crippen LogP contribution in [0.25, 0.3) is 22.0 Å². The molecule has 30 heteroatoms. The van der Waals surface area contributed by atoms with Crippen molar-refractivity contribution in [2.24, 2.45) is 0 Å². The second-order valence-corrected chi connectivity index (χ2v) is 20.9. The predicted molar refractivity (Wildman–Crippen MR) is 255 cm³/mol. The van der Waals surface area contributed by atoms with Crippen LogP contribution in [0.3, 0.4) is 0 Å². The van der Waals surface area contributed by atoms with Gasteiger partial charge in [-0.1, -0.05) is 29.5 Å². The Hall–Kier alpha value is -6.13. The number of aliphatic hydroxyl groups excluding tert-OH is 3. The van der Waals surface area contributed by atoms with E-state index in [1.165, 1.54) is 48.1 Å². The molecule has 0 bridgehead atoms. The zero-order valence-electron chi connectivity index (χ0n) is 39.0. The Balaban J connectivity index is 0.901. The van der Waals surface area contributed by atoms with Crippen LogP contribution in [0.1, 0.15) is 31.4 Å². The third-order valence-corrected chi connectivity index (χ3v) is 13.6. The van der Waals surface area contributed by atoms with Crippen LogP contribution in [-0.4, -0.2) is 164 Å². The lowest BCUT2D eigenvalue weighted by Crippen LogP contribution is -2.57. The fourth-order valence-electron chi connectivity index (χ4n) is 7.39. The molecular weight excluding hydrogens is 1050 g/mol. The molecule has 0 aliphatic carbocycles. The first-order valence-electron chi connectivity index (χ1n) is 22.2. The van der Waals surface area contributed by atoms with Crippen molar-refractivity contribution in [1.29, 1.82) is 0 Å². The van der Waals surface area contributed by atoms with Gasteiger partial charge in [-0.3, -0.25) is 28.0 Å². The lowest BCUT2D eigenvalue weighted by Gasteiger charge is -2.39. The van der Waals surface area contributed by atoms with Gasteiger partial charge in [-0.05, 0) is 72.8 Å². The van der Waals surface area contributed by atoms with Gasteiger partial charge in [-0.15, -0.1) is 5.10 Å². The second-order valence-electron chi connectivity index (χ2n) is 16.6. The van der Waals surface area contributed by atoms with Crippen molar-refractivity contribution in [3.8, 4) is 11.3 Å². The Morgan fingerprint density at radius 1 is 0.784 bits per heavy atom. The van der Waals surface area contributed by atoms with Crippen LogP contribution < -0.4 is 21.3 Å². The predicted octanol–water partition coefficient (Wildman–Crippen LogP) is 0.659. The average molecular weight is 1100 g/mol. The van der Waals surface area contributed by atoms with Crippen molar-refractivity contribution >= 4 is 70.2 Å². The molecule has 1 aliphatic heterocycles. The minimum atomic E-state index is -5.18. The maximum absolute atomic E-state index is 13.9. The van der Waals surface area contributed by atoms with Crippen LogP contribution in [0, 0.1) is 5.82 Å². The molecule has 1 fully saturated rings. The van der Waals surface area contributed by atoms with E-state index in [4.69, 9.17) is 18.9 Å². The maximum atomic E-state index is 13.9. The Kier molecular flexibility index (Phi) is 19.3. The van der Waals surface area contributed by atoms with Gasteiger partial charge in [0.25, 0.3) is 30.4 Å². The van der Waals surface area contributed by atoms with Gasteiger partial charge >= 0.3 is 0 Å². The number of benzene rings is 4. The standard InChI is InChI=1S/C44H52FN7O19S3/c1-25-41(56)42(57)43(58)44(71-25)70-22-31(52-21-35(50-51-52)27-5-3-6-29(45)15-27)8-9-37(53)46-10-11-47-38(54)23-68-12-13-69-24-39(55)49-30-7-2-4-26(14-30)20-48-34-18-32(72(59,60)61)16-28-17-33(73(62,63)64)19-36(40(28)34)74(65,66)67/h2-7,14-19,21,25,31,41-44,48,56-58H,8-13,20,22-24H2,1H3,(H,46,53)(H,47,54)(H,49,55)(H,59,60,61)(H,62,63,64)(H,65,66,67). The molecule has 26 nitrogen and oxygen atoms in total. The second kappa shape index (κ2) is 24.9. The molecule has 10 N–H and O–H groups in total. The first-order valence-corrected chi connectivity index (χ1v) is 26.5. The van der Waals surface area contributed by atoms with Crippen molar-refractivity contribution in [1.82, 2.24) is 25.6 Å². The van der Waals surface area contributed by atoms with Crippen LogP contribution >= 0.6 is 0 Å². The molecule has 1 aliphatic rings. The fourth-order valence-corrected chi connectivity index (χ4v) is 9.31. The molecule has 6 atom stereocenters. The zero-order valence-corrected chi connectivity index (χ0v) is 41.4. The monoisotopic (exact) mass is 1100 g/mol. The summed E-state index contributed by atoms with van der Waals surface area (Å²) in [6, 6.07) is 14.0. The van der Waals surface area contributed by atoms with Crippen molar-refractivity contribution in [2.75, 3.05) is 56.8 Å². The molecule has 74 heavy (non-hydrogen) atoms. The highest BCUT2D eigenvalue weighted by Gasteiger charge is 2.42. The van der Waals surface area contributed by atoms with Gasteiger partial charge in [0.05, 0.1) is 48.0 Å². The topological polar surface area (TPSA) is 391 Å². The number of carbonyl (C=O) groups is 3. The third kappa shape index (κ3) is 15.9. The highest BCUT2D eigenvalue weighted by molar-refractivity contribution is 7.87. The van der Waals surface area contributed by atoms with E-state index in [2.05, 4.69) is 31.6 Å². The van der Waals surface area contributed by atoms with Gasteiger partial charge in [-0.2, -0.15) is 25.3 Å². The van der Waals surface area contributed by atoms with Crippen LogP contribution in [0.4, 0.5) is 15.8 Å². The summed E-state index contributed by atoms with van der Waals surface area (Å²) in [5.41, 5.74) is 1.23. The van der Waals surface area contributed by atoms with Crippen molar-refractivity contribution < 1.29 is 92.0 Å². The number of fused-ring (bicyclic) bond motifs is 1. The molecule has 5 aromatic rings. The van der Waals surface area contributed by atoms with E-state index < -0.39 is 117 Å². The average Bonchev–Trinajstić information content (AvgIpc) is 3.83. The minimum Gasteiger partial charge on any atom is -0.388 e. The molecule has 402 valence electrons. The van der Waals surface area contributed by atoms with Gasteiger partial charge in [0, 0.05) is 48.4 Å². The van der Waals surface area contributed by atoms with Crippen molar-refractivity contribution in [3.05, 3.63) is 90.4 Å². The molecular formula is C44H52FN7O19S3. The number of nitrogens with one attached hydrogen (secondary N) is 4. The smallest absolute Gasteiger partial charge is 0.295 e. The SMILES string of the molecule is CC1OC(OCC(CCC(=O)NCCNC(=O)COCCOCC(=O)Nc2cccc(CNc3cc(S(=O)(=O)O)cc4cc(S(=O)(=O)O)cc(S(=O)(=O)O)c34)c2)n2cc(-c3cccc(F)c3)nn2)C(O)C(O)C1O. The van der Waals surface area contributed by atoms with Gasteiger partial charge in [0.1, 0.15) is 47.9 Å². The van der Waals surface area contributed by atoms with E-state index in [1.807, 2.05) is 0 Å². The summed E-state index contributed by atoms with van der Waals surface area (Å²) >= 11 is 0. The molecule has 1 aromatic heterocycles. The summed E-state index contributed by atoms with van der Waals surface area (Å²) in [6.45, 7) is 0.306. The van der Waals surface area contributed by atoms with Crippen LogP contribution in [-0.2, 0) is 70.2 Å². The van der Waals surface area contributed by atoms with E-state index in [-0.39, 0.29) is 75.7 Å². The summed E-state index contributed by atoms with van der Waals surface area (Å²) in [6.07, 6.45) is -4.99. The number of halogens is 1. The number of aromatic nitrogens is 3. The summed E-state index contributed by atoms with van der Waals surface area (Å²) in [7, 11) is -15.2. The van der Waals surface area contributed by atoms with E-state index in [0.29, 0.717) is 22.9 Å². The van der Waals surface area contributed by atoms with E-state index >= 15 is 0 Å². The lowest BCUT2D eigenvalue weighted by molar-refractivity contribution is -0.295. The zero-order chi connectivity index (χ0) is 54.0. The van der Waals surface area contributed by atoms with E-state index in [0.717, 1.165) is 18.2 Å². The lowest BCUT2D eigenvalue weighted by atomic mass is 10.00. The number of hydrogen-bond acceptors (Lipinski definition) is 19. The van der Waals surface area contributed by atoms with E-state index in [1.54, 1.807) is 18.2 Å². The number of carbonyl (C=O) groups excluding carboxylic acids is 3. The van der Waals surface area contributed by atoms with Crippen molar-refractivity contribution in [2.45, 2.75) is 77.7 Å². The Bertz CT molecular complexity index is 3160. The number of amides is 3. The normalized spacial score (nSPS) is 18.7. The summed E-state index contributed by atoms with van der Waals surface area (Å²) in [4.78, 5) is 35.0. The first-order chi connectivity index (χ1) is 34.9. The first kappa shape index (κ1) is 57.2. The molecule has 0 spiro atoms. The highest BCUT2D eigenvalue weighted by Crippen LogP contribution is 2.36. The van der Waals surface area contributed by atoms with Gasteiger partial charge < -0.3 is 55.5 Å². The number of ether oxygens (including phenoxy) is 4. The maximum Gasteiger partial charge on any atom is 0.295 e. The number of anilines is 2. The Morgan fingerprint density at radius 3 is 2.09 bits per heavy atom. The Morgan fingerprint density at radius 2 is 1.43 bits per heavy atom. The molecule has 0 radical (unpaired) electrons. The number of hydrogen-bond donors (Lipinski definition) is 10. The molecule has 3 amide bonds. The minimum absolute atomic E-state index is 0.0469. The number of nitrogens with zero attached hydrogens (tertiary/aromatic N) is 3. The molecule has 2 heterocycles. The van der Waals surface area contributed by atoms with Gasteiger partial charge in [0.2, 0.25) is 17.7 Å². The van der Waals surface area contributed by atoms with Crippen LogP contribution in [0.15, 0.2) is 93.7 Å². The molecule has 0 saturated carbocycles. The van der Waals surface area contributed by atoms with Crippen LogP contribution in [0.2, 0.25) is 0 Å². The third-order valence-electron chi connectivity index (χ3n) is 11.1. The van der Waals surface area contributed by atoms with E-state index in [9.17, 15) is 73.0 Å². The number of rotatable bonds is 25. The summed E-state index contributed by atoms with van der Waals surface area (Å²) in [5.74, 6) is -1.97. The number of aliphatic hydroxyl groups is 3. The van der Waals surface area contributed by atoms with Crippen molar-refractivity contribution in [3.63, 3.8) is 0 Å². The molecule has 6 unspecified atom stereocenters. The molecule has 6 rings (SSSR count). The molecule has 1 saturated heterocycles.